The molecule has 2 aromatic heterocycles. The summed E-state index contributed by atoms with van der Waals surface area (Å²) < 4.78 is 77.4. The third-order valence-corrected chi connectivity index (χ3v) is 7.48. The number of aryl methyl sites for hydroxylation is 1. The van der Waals surface area contributed by atoms with Crippen molar-refractivity contribution in [3.8, 4) is 22.8 Å². The molecule has 1 aliphatic rings. The molecule has 0 bridgehead atoms. The zero-order valence-electron chi connectivity index (χ0n) is 22.9. The Morgan fingerprint density at radius 3 is 2.58 bits per heavy atom. The maximum atomic E-state index is 13.9. The van der Waals surface area contributed by atoms with Crippen LogP contribution in [-0.2, 0) is 5.60 Å². The van der Waals surface area contributed by atoms with Crippen molar-refractivity contribution in [2.45, 2.75) is 38.3 Å². The summed E-state index contributed by atoms with van der Waals surface area (Å²) in [6.45, 7) is -2.51. The molecule has 1 aliphatic carbocycles. The van der Waals surface area contributed by atoms with Gasteiger partial charge in [-0.1, -0.05) is 11.6 Å². The predicted octanol–water partition coefficient (Wildman–Crippen LogP) is 6.27. The largest absolute Gasteiger partial charge is 0.494 e. The third kappa shape index (κ3) is 6.23. The van der Waals surface area contributed by atoms with E-state index in [0.29, 0.717) is 23.1 Å². The Morgan fingerprint density at radius 2 is 1.95 bits per heavy atom. The number of ether oxygens (including phenoxy) is 2. The number of methoxy groups -OCH3 is 1. The molecule has 0 spiro atoms. The lowest BCUT2D eigenvalue weighted by molar-refractivity contribution is 0.00937. The van der Waals surface area contributed by atoms with E-state index in [1.165, 1.54) is 37.4 Å². The van der Waals surface area contributed by atoms with Crippen LogP contribution in [0.25, 0.3) is 22.2 Å². The van der Waals surface area contributed by atoms with Crippen molar-refractivity contribution in [3.63, 3.8) is 0 Å². The highest BCUT2D eigenvalue weighted by molar-refractivity contribution is 6.31. The van der Waals surface area contributed by atoms with Crippen molar-refractivity contribution in [2.24, 2.45) is 5.92 Å². The quantitative estimate of drug-likeness (QED) is 0.191. The van der Waals surface area contributed by atoms with E-state index in [1.54, 1.807) is 6.92 Å². The third-order valence-electron chi connectivity index (χ3n) is 7.19. The number of hydrogen-bond donors (Lipinski definition) is 2. The number of hydrogen-bond acceptors (Lipinski definition) is 6. The molecular weight excluding hydrogens is 599 g/mol. The SMILES string of the molecule is COc1cc(C(=O)NC[C@](O)(c2cc(C)c(OCC(F)F)c(-c3ccc(F)c(Cl)c3)n2)C2CC2)cc2cn(C(F)F)nc12. The van der Waals surface area contributed by atoms with E-state index in [-0.39, 0.29) is 62.4 Å². The van der Waals surface area contributed by atoms with Gasteiger partial charge in [-0.05, 0) is 67.6 Å². The first kappa shape index (κ1) is 30.5. The lowest BCUT2D eigenvalue weighted by atomic mass is 9.90. The van der Waals surface area contributed by atoms with Crippen LogP contribution in [0.3, 0.4) is 0 Å². The Morgan fingerprint density at radius 1 is 1.21 bits per heavy atom. The highest BCUT2D eigenvalue weighted by Gasteiger charge is 2.47. The molecule has 0 unspecified atom stereocenters. The number of fused-ring (bicyclic) bond motifs is 1. The second-order valence-electron chi connectivity index (χ2n) is 10.2. The van der Waals surface area contributed by atoms with Gasteiger partial charge in [0.25, 0.3) is 12.3 Å². The van der Waals surface area contributed by atoms with Crippen molar-refractivity contribution in [1.29, 1.82) is 0 Å². The number of nitrogens with zero attached hydrogens (tertiary/aromatic N) is 3. The van der Waals surface area contributed by atoms with Gasteiger partial charge >= 0.3 is 6.55 Å². The summed E-state index contributed by atoms with van der Waals surface area (Å²) in [5, 5.41) is 18.4. The molecule has 0 saturated heterocycles. The fourth-order valence-corrected chi connectivity index (χ4v) is 5.06. The van der Waals surface area contributed by atoms with E-state index in [4.69, 9.17) is 21.1 Å². The molecule has 228 valence electrons. The van der Waals surface area contributed by atoms with Crippen LogP contribution in [0, 0.1) is 18.7 Å². The van der Waals surface area contributed by atoms with Gasteiger partial charge in [0, 0.05) is 22.7 Å². The van der Waals surface area contributed by atoms with Crippen molar-refractivity contribution in [2.75, 3.05) is 20.3 Å². The summed E-state index contributed by atoms with van der Waals surface area (Å²) in [6.07, 6.45) is -0.430. The molecular formula is C29H26ClF5N4O4. The topological polar surface area (TPSA) is 98.5 Å². The number of carbonyl (C=O) groups excluding carboxylic acids is 1. The maximum Gasteiger partial charge on any atom is 0.333 e. The minimum Gasteiger partial charge on any atom is -0.494 e. The Bertz CT molecular complexity index is 1680. The van der Waals surface area contributed by atoms with Crippen LogP contribution in [-0.4, -0.2) is 52.5 Å². The van der Waals surface area contributed by atoms with Gasteiger partial charge in [0.2, 0.25) is 0 Å². The van der Waals surface area contributed by atoms with Crippen LogP contribution >= 0.6 is 11.6 Å². The van der Waals surface area contributed by atoms with Gasteiger partial charge in [0.15, 0.2) is 0 Å². The second-order valence-corrected chi connectivity index (χ2v) is 10.6. The molecule has 4 aromatic rings. The number of halogens is 6. The average Bonchev–Trinajstić information content (AvgIpc) is 3.74. The first-order valence-electron chi connectivity index (χ1n) is 13.2. The number of nitrogens with one attached hydrogen (secondary N) is 1. The van der Waals surface area contributed by atoms with Gasteiger partial charge < -0.3 is 19.9 Å². The van der Waals surface area contributed by atoms with Crippen molar-refractivity contribution in [1.82, 2.24) is 20.1 Å². The summed E-state index contributed by atoms with van der Waals surface area (Å²) in [5.74, 6) is -1.49. The molecule has 43 heavy (non-hydrogen) atoms. The number of rotatable bonds is 11. The van der Waals surface area contributed by atoms with Gasteiger partial charge in [-0.3, -0.25) is 4.79 Å². The molecule has 1 saturated carbocycles. The minimum atomic E-state index is -2.89. The van der Waals surface area contributed by atoms with Crippen LogP contribution in [0.2, 0.25) is 5.02 Å². The van der Waals surface area contributed by atoms with E-state index in [2.05, 4.69) is 15.4 Å². The molecule has 8 nitrogen and oxygen atoms in total. The summed E-state index contributed by atoms with van der Waals surface area (Å²) >= 11 is 5.98. The first-order chi connectivity index (χ1) is 20.4. The fraction of sp³-hybridized carbons (Fsp3) is 0.345. The molecule has 0 aliphatic heterocycles. The Labute approximate surface area is 247 Å². The van der Waals surface area contributed by atoms with E-state index < -0.39 is 36.9 Å². The molecule has 5 rings (SSSR count). The Kier molecular flexibility index (Phi) is 8.48. The van der Waals surface area contributed by atoms with Gasteiger partial charge in [0.1, 0.15) is 40.7 Å². The van der Waals surface area contributed by atoms with Gasteiger partial charge in [-0.15, -0.1) is 0 Å². The van der Waals surface area contributed by atoms with Crippen LogP contribution in [0.4, 0.5) is 22.0 Å². The van der Waals surface area contributed by atoms with Crippen molar-refractivity contribution < 1.29 is 41.3 Å². The summed E-state index contributed by atoms with van der Waals surface area (Å²) in [4.78, 5) is 17.8. The number of amides is 1. The molecule has 2 N–H and O–H groups in total. The van der Waals surface area contributed by atoms with E-state index in [1.807, 2.05) is 0 Å². The smallest absolute Gasteiger partial charge is 0.333 e. The standard InChI is InChI=1S/C29H26ClF5N4O4/c1-14-7-22(37-25(26(14)43-12-23(32)33)15-3-6-20(31)19(30)9-15)29(41,18-4-5-18)13-36-27(40)16-8-17-11-39(28(34)35)38-24(17)21(10-16)42-2/h3,6-11,18,23,28,41H,4-5,12-13H2,1-2H3,(H,36,40)/t29-/m1/s1. The normalized spacial score (nSPS) is 14.8. The average molecular weight is 625 g/mol. The monoisotopic (exact) mass is 624 g/mol. The lowest BCUT2D eigenvalue weighted by Gasteiger charge is -2.29. The number of benzene rings is 2. The molecule has 2 heterocycles. The van der Waals surface area contributed by atoms with Crippen LogP contribution < -0.4 is 14.8 Å². The van der Waals surface area contributed by atoms with Crippen molar-refractivity contribution >= 4 is 28.4 Å². The first-order valence-corrected chi connectivity index (χ1v) is 13.5. The zero-order chi connectivity index (χ0) is 31.1. The summed E-state index contributed by atoms with van der Waals surface area (Å²) in [6, 6.07) is 7.96. The molecule has 1 fully saturated rings. The fourth-order valence-electron chi connectivity index (χ4n) is 4.88. The number of pyridine rings is 1. The van der Waals surface area contributed by atoms with E-state index >= 15 is 0 Å². The molecule has 0 radical (unpaired) electrons. The Balaban J connectivity index is 1.49. The molecule has 14 heteroatoms. The number of carbonyl (C=O) groups is 1. The lowest BCUT2D eigenvalue weighted by Crippen LogP contribution is -2.43. The summed E-state index contributed by atoms with van der Waals surface area (Å²) in [5.41, 5.74) is -0.609. The van der Waals surface area contributed by atoms with Gasteiger partial charge in [0.05, 0.1) is 24.4 Å². The van der Waals surface area contributed by atoms with Crippen LogP contribution in [0.1, 0.15) is 41.0 Å². The molecule has 1 atom stereocenters. The van der Waals surface area contributed by atoms with Gasteiger partial charge in [-0.25, -0.2) is 22.8 Å². The van der Waals surface area contributed by atoms with E-state index in [0.717, 1.165) is 12.3 Å². The van der Waals surface area contributed by atoms with Crippen molar-refractivity contribution in [3.05, 3.63) is 70.3 Å². The molecule has 1 amide bonds. The number of alkyl halides is 4. The Hall–Kier alpha value is -3.97. The second kappa shape index (κ2) is 12.0. The minimum absolute atomic E-state index is 0.0126. The zero-order valence-corrected chi connectivity index (χ0v) is 23.6. The predicted molar refractivity (Wildman–Crippen MR) is 147 cm³/mol. The highest BCUT2D eigenvalue weighted by atomic mass is 35.5. The highest BCUT2D eigenvalue weighted by Crippen LogP contribution is 2.47. The summed E-state index contributed by atoms with van der Waals surface area (Å²) in [7, 11) is 1.32. The number of aliphatic hydroxyl groups is 1. The maximum absolute atomic E-state index is 13.9. The molecule has 2 aromatic carbocycles. The number of aromatic nitrogens is 3. The van der Waals surface area contributed by atoms with Crippen LogP contribution in [0.5, 0.6) is 11.5 Å². The van der Waals surface area contributed by atoms with E-state index in [9.17, 15) is 31.9 Å². The van der Waals surface area contributed by atoms with Crippen LogP contribution in [0.15, 0.2) is 42.6 Å². The van der Waals surface area contributed by atoms with Gasteiger partial charge in [-0.2, -0.15) is 13.9 Å².